The van der Waals surface area contributed by atoms with Crippen molar-refractivity contribution in [3.05, 3.63) is 23.2 Å². The minimum absolute atomic E-state index is 0.393. The van der Waals surface area contributed by atoms with E-state index in [1.54, 1.807) is 18.2 Å². The zero-order chi connectivity index (χ0) is 13.9. The predicted molar refractivity (Wildman–Crippen MR) is 83.9 cm³/mol. The van der Waals surface area contributed by atoms with Crippen LogP contribution < -0.4 is 10.0 Å². The van der Waals surface area contributed by atoms with E-state index in [2.05, 4.69) is 10.0 Å². The summed E-state index contributed by atoms with van der Waals surface area (Å²) in [4.78, 5) is 0. The fourth-order valence-corrected chi connectivity index (χ4v) is 3.79. The molecule has 0 radical (unpaired) electrons. The molecule has 0 amide bonds. The third kappa shape index (κ3) is 4.78. The molecular weight excluding hydrogens is 304 g/mol. The molecular formula is C12H17ClN2O2S2. The molecule has 7 heteroatoms. The van der Waals surface area contributed by atoms with Crippen molar-refractivity contribution in [3.8, 4) is 0 Å². The van der Waals surface area contributed by atoms with Crippen LogP contribution in [0.2, 0.25) is 5.02 Å². The molecule has 19 heavy (non-hydrogen) atoms. The fraction of sp³-hybridized carbons (Fsp3) is 0.500. The first-order valence-electron chi connectivity index (χ1n) is 6.06. The van der Waals surface area contributed by atoms with Crippen molar-refractivity contribution in [3.63, 3.8) is 0 Å². The standard InChI is InChI=1S/C12H17ClN2O2S2/c1-19(16,17)15-9-4-5-11(13)12(7-9)14-10-3-2-6-18-8-10/h4-5,7,10,14-15H,2-3,6,8H2,1H3. The molecule has 1 aliphatic rings. The van der Waals surface area contributed by atoms with Gasteiger partial charge in [0.15, 0.2) is 0 Å². The Balaban J connectivity index is 2.12. The Morgan fingerprint density at radius 3 is 2.84 bits per heavy atom. The molecule has 1 fully saturated rings. The van der Waals surface area contributed by atoms with Crippen LogP contribution in [0.3, 0.4) is 0 Å². The molecule has 0 saturated carbocycles. The van der Waals surface area contributed by atoms with Crippen molar-refractivity contribution in [2.75, 3.05) is 27.8 Å². The number of sulfonamides is 1. The van der Waals surface area contributed by atoms with Crippen molar-refractivity contribution in [2.24, 2.45) is 0 Å². The van der Waals surface area contributed by atoms with Crippen molar-refractivity contribution < 1.29 is 8.42 Å². The lowest BCUT2D eigenvalue weighted by atomic mass is 10.1. The smallest absolute Gasteiger partial charge is 0.229 e. The molecule has 1 heterocycles. The van der Waals surface area contributed by atoms with E-state index in [0.29, 0.717) is 16.8 Å². The molecule has 1 aliphatic heterocycles. The Kier molecular flexibility index (Phi) is 4.86. The zero-order valence-corrected chi connectivity index (χ0v) is 13.0. The maximum absolute atomic E-state index is 11.2. The van der Waals surface area contributed by atoms with E-state index in [-0.39, 0.29) is 0 Å². The summed E-state index contributed by atoms with van der Waals surface area (Å²) in [5, 5.41) is 3.99. The Hall–Kier alpha value is -0.590. The van der Waals surface area contributed by atoms with Gasteiger partial charge in [-0.2, -0.15) is 11.8 Å². The van der Waals surface area contributed by atoms with Crippen molar-refractivity contribution in [2.45, 2.75) is 18.9 Å². The van der Waals surface area contributed by atoms with Gasteiger partial charge in [0.25, 0.3) is 0 Å². The summed E-state index contributed by atoms with van der Waals surface area (Å²) in [6, 6.07) is 5.49. The number of anilines is 2. The number of rotatable bonds is 4. The lowest BCUT2D eigenvalue weighted by molar-refractivity contribution is 0.607. The molecule has 0 bridgehead atoms. The molecule has 0 spiro atoms. The van der Waals surface area contributed by atoms with Gasteiger partial charge in [-0.25, -0.2) is 8.42 Å². The van der Waals surface area contributed by atoms with Crippen LogP contribution in [-0.2, 0) is 10.0 Å². The monoisotopic (exact) mass is 320 g/mol. The number of nitrogens with one attached hydrogen (secondary N) is 2. The predicted octanol–water partition coefficient (Wildman–Crippen LogP) is 3.02. The zero-order valence-electron chi connectivity index (χ0n) is 10.6. The van der Waals surface area contributed by atoms with Gasteiger partial charge in [-0.1, -0.05) is 11.6 Å². The Morgan fingerprint density at radius 1 is 1.42 bits per heavy atom. The molecule has 1 aromatic rings. The van der Waals surface area contributed by atoms with E-state index in [1.165, 1.54) is 12.2 Å². The second kappa shape index (κ2) is 6.24. The highest BCUT2D eigenvalue weighted by Gasteiger charge is 2.15. The average Bonchev–Trinajstić information content (AvgIpc) is 2.33. The fourth-order valence-electron chi connectivity index (χ4n) is 1.99. The average molecular weight is 321 g/mol. The molecule has 2 rings (SSSR count). The lowest BCUT2D eigenvalue weighted by Gasteiger charge is -2.24. The van der Waals surface area contributed by atoms with Crippen molar-refractivity contribution in [1.82, 2.24) is 0 Å². The van der Waals surface area contributed by atoms with Crippen LogP contribution in [0.4, 0.5) is 11.4 Å². The summed E-state index contributed by atoms with van der Waals surface area (Å²) in [6.07, 6.45) is 3.45. The van der Waals surface area contributed by atoms with Gasteiger partial charge in [0.2, 0.25) is 10.0 Å². The largest absolute Gasteiger partial charge is 0.380 e. The summed E-state index contributed by atoms with van der Waals surface area (Å²) in [7, 11) is -3.26. The number of hydrogen-bond donors (Lipinski definition) is 2. The minimum atomic E-state index is -3.26. The summed E-state index contributed by atoms with van der Waals surface area (Å²) < 4.78 is 24.9. The molecule has 4 nitrogen and oxygen atoms in total. The third-order valence-electron chi connectivity index (χ3n) is 2.79. The maximum atomic E-state index is 11.2. The molecule has 2 N–H and O–H groups in total. The first kappa shape index (κ1) is 14.8. The normalized spacial score (nSPS) is 20.0. The summed E-state index contributed by atoms with van der Waals surface area (Å²) >= 11 is 8.07. The summed E-state index contributed by atoms with van der Waals surface area (Å²) in [5.74, 6) is 2.27. The first-order valence-corrected chi connectivity index (χ1v) is 9.48. The first-order chi connectivity index (χ1) is 8.94. The molecule has 1 atom stereocenters. The van der Waals surface area contributed by atoms with Gasteiger partial charge in [-0.3, -0.25) is 4.72 Å². The third-order valence-corrected chi connectivity index (χ3v) is 4.94. The molecule has 1 aromatic carbocycles. The van der Waals surface area contributed by atoms with E-state index in [1.807, 2.05) is 11.8 Å². The Bertz CT molecular complexity index is 543. The second-order valence-corrected chi connectivity index (χ2v) is 7.93. The number of thioether (sulfide) groups is 1. The SMILES string of the molecule is CS(=O)(=O)Nc1ccc(Cl)c(NC2CCCSC2)c1. The second-order valence-electron chi connectivity index (χ2n) is 4.63. The van der Waals surface area contributed by atoms with Crippen LogP contribution >= 0.6 is 23.4 Å². The lowest BCUT2D eigenvalue weighted by Crippen LogP contribution is -2.25. The Labute approximate surface area is 123 Å². The van der Waals surface area contributed by atoms with Gasteiger partial charge in [-0.05, 0) is 36.8 Å². The molecule has 106 valence electrons. The van der Waals surface area contributed by atoms with E-state index in [4.69, 9.17) is 11.6 Å². The van der Waals surface area contributed by atoms with Crippen LogP contribution in [0.25, 0.3) is 0 Å². The van der Waals surface area contributed by atoms with E-state index in [0.717, 1.165) is 24.1 Å². The minimum Gasteiger partial charge on any atom is -0.380 e. The highest BCUT2D eigenvalue weighted by molar-refractivity contribution is 7.99. The van der Waals surface area contributed by atoms with Crippen LogP contribution in [0, 0.1) is 0 Å². The van der Waals surface area contributed by atoms with Gasteiger partial charge in [0, 0.05) is 11.8 Å². The number of benzene rings is 1. The quantitative estimate of drug-likeness (QED) is 0.895. The molecule has 0 aromatic heterocycles. The van der Waals surface area contributed by atoms with Gasteiger partial charge < -0.3 is 5.32 Å². The highest BCUT2D eigenvalue weighted by Crippen LogP contribution is 2.29. The summed E-state index contributed by atoms with van der Waals surface area (Å²) in [6.45, 7) is 0. The van der Waals surface area contributed by atoms with Crippen LogP contribution in [0.5, 0.6) is 0 Å². The Morgan fingerprint density at radius 2 is 2.21 bits per heavy atom. The van der Waals surface area contributed by atoms with Gasteiger partial charge >= 0.3 is 0 Å². The summed E-state index contributed by atoms with van der Waals surface area (Å²) in [5.41, 5.74) is 1.31. The maximum Gasteiger partial charge on any atom is 0.229 e. The van der Waals surface area contributed by atoms with E-state index < -0.39 is 10.0 Å². The van der Waals surface area contributed by atoms with Crippen LogP contribution in [0.15, 0.2) is 18.2 Å². The number of halogens is 1. The van der Waals surface area contributed by atoms with Gasteiger partial charge in [0.1, 0.15) is 0 Å². The highest BCUT2D eigenvalue weighted by atomic mass is 35.5. The van der Waals surface area contributed by atoms with Crippen LogP contribution in [0.1, 0.15) is 12.8 Å². The topological polar surface area (TPSA) is 58.2 Å². The van der Waals surface area contributed by atoms with Crippen molar-refractivity contribution in [1.29, 1.82) is 0 Å². The molecule has 0 aliphatic carbocycles. The van der Waals surface area contributed by atoms with E-state index >= 15 is 0 Å². The molecule has 1 unspecified atom stereocenters. The van der Waals surface area contributed by atoms with Crippen molar-refractivity contribution >= 4 is 44.8 Å². The number of hydrogen-bond acceptors (Lipinski definition) is 4. The van der Waals surface area contributed by atoms with Crippen LogP contribution in [-0.4, -0.2) is 32.2 Å². The van der Waals surface area contributed by atoms with Gasteiger partial charge in [0.05, 0.1) is 22.7 Å². The van der Waals surface area contributed by atoms with Gasteiger partial charge in [-0.15, -0.1) is 0 Å². The molecule has 1 saturated heterocycles. The van der Waals surface area contributed by atoms with E-state index in [9.17, 15) is 8.42 Å².